The lowest BCUT2D eigenvalue weighted by atomic mass is 9.90. The fourth-order valence-corrected chi connectivity index (χ4v) is 2.42. The summed E-state index contributed by atoms with van der Waals surface area (Å²) in [7, 11) is 0. The molecule has 0 atom stereocenters. The Kier molecular flexibility index (Phi) is 4.21. The fraction of sp³-hybridized carbons (Fsp3) is 0.692. The van der Waals surface area contributed by atoms with Crippen molar-refractivity contribution < 1.29 is 4.74 Å². The molecule has 1 fully saturated rings. The SMILES string of the molecule is Cc1c(Cl)nnc(OCC2CCCCC2)c1C. The Hall–Kier alpha value is -0.830. The number of aromatic nitrogens is 2. The Morgan fingerprint density at radius 2 is 1.82 bits per heavy atom. The molecule has 0 amide bonds. The molecule has 1 saturated carbocycles. The molecule has 2 rings (SSSR count). The quantitative estimate of drug-likeness (QED) is 0.825. The van der Waals surface area contributed by atoms with Crippen LogP contribution in [0.15, 0.2) is 0 Å². The van der Waals surface area contributed by atoms with E-state index in [0.717, 1.165) is 17.7 Å². The lowest BCUT2D eigenvalue weighted by molar-refractivity contribution is 0.200. The highest BCUT2D eigenvalue weighted by molar-refractivity contribution is 6.30. The smallest absolute Gasteiger partial charge is 0.236 e. The largest absolute Gasteiger partial charge is 0.476 e. The van der Waals surface area contributed by atoms with Crippen LogP contribution in [-0.4, -0.2) is 16.8 Å². The van der Waals surface area contributed by atoms with Crippen molar-refractivity contribution >= 4 is 11.6 Å². The lowest BCUT2D eigenvalue weighted by Crippen LogP contribution is -2.16. The Morgan fingerprint density at radius 1 is 1.12 bits per heavy atom. The van der Waals surface area contributed by atoms with Crippen LogP contribution >= 0.6 is 11.6 Å². The molecular weight excluding hydrogens is 236 g/mol. The van der Waals surface area contributed by atoms with E-state index in [9.17, 15) is 0 Å². The lowest BCUT2D eigenvalue weighted by Gasteiger charge is -2.21. The van der Waals surface area contributed by atoms with Crippen molar-refractivity contribution in [3.05, 3.63) is 16.3 Å². The molecule has 3 nitrogen and oxygen atoms in total. The van der Waals surface area contributed by atoms with Gasteiger partial charge in [0, 0.05) is 5.56 Å². The Labute approximate surface area is 108 Å². The summed E-state index contributed by atoms with van der Waals surface area (Å²) >= 11 is 5.91. The normalized spacial score (nSPS) is 17.1. The fourth-order valence-electron chi connectivity index (χ4n) is 2.24. The number of hydrogen-bond acceptors (Lipinski definition) is 3. The number of rotatable bonds is 3. The summed E-state index contributed by atoms with van der Waals surface area (Å²) in [5.74, 6) is 1.32. The molecule has 17 heavy (non-hydrogen) atoms. The average Bonchev–Trinajstić information content (AvgIpc) is 2.36. The maximum absolute atomic E-state index is 5.91. The molecule has 0 bridgehead atoms. The summed E-state index contributed by atoms with van der Waals surface area (Å²) in [5.41, 5.74) is 1.96. The van der Waals surface area contributed by atoms with Crippen LogP contribution < -0.4 is 4.74 Å². The third kappa shape index (κ3) is 3.09. The van der Waals surface area contributed by atoms with Gasteiger partial charge in [0.25, 0.3) is 0 Å². The number of ether oxygens (including phenoxy) is 1. The summed E-state index contributed by atoms with van der Waals surface area (Å²) in [6.45, 7) is 4.68. The minimum atomic E-state index is 0.465. The van der Waals surface area contributed by atoms with Crippen molar-refractivity contribution in [1.82, 2.24) is 10.2 Å². The molecule has 1 aliphatic rings. The Bertz CT molecular complexity index is 389. The van der Waals surface area contributed by atoms with E-state index < -0.39 is 0 Å². The molecule has 1 aliphatic carbocycles. The van der Waals surface area contributed by atoms with Gasteiger partial charge >= 0.3 is 0 Å². The van der Waals surface area contributed by atoms with E-state index in [-0.39, 0.29) is 0 Å². The maximum atomic E-state index is 5.91. The van der Waals surface area contributed by atoms with E-state index in [1.165, 1.54) is 32.1 Å². The van der Waals surface area contributed by atoms with E-state index in [1.807, 2.05) is 13.8 Å². The van der Waals surface area contributed by atoms with Crippen molar-refractivity contribution in [1.29, 1.82) is 0 Å². The first-order valence-corrected chi connectivity index (χ1v) is 6.68. The molecule has 1 aromatic heterocycles. The molecule has 0 spiro atoms. The highest BCUT2D eigenvalue weighted by atomic mass is 35.5. The molecule has 0 aromatic carbocycles. The second-order valence-electron chi connectivity index (χ2n) is 4.86. The molecule has 0 unspecified atom stereocenters. The van der Waals surface area contributed by atoms with Crippen molar-refractivity contribution in [3.8, 4) is 5.88 Å². The van der Waals surface area contributed by atoms with Gasteiger partial charge in [-0.25, -0.2) is 0 Å². The minimum absolute atomic E-state index is 0.465. The van der Waals surface area contributed by atoms with Crippen LogP contribution in [0.4, 0.5) is 0 Å². The second-order valence-corrected chi connectivity index (χ2v) is 5.22. The molecule has 1 aromatic rings. The predicted octanol–water partition coefficient (Wildman–Crippen LogP) is 3.71. The number of hydrogen-bond donors (Lipinski definition) is 0. The van der Waals surface area contributed by atoms with Gasteiger partial charge in [-0.1, -0.05) is 30.9 Å². The van der Waals surface area contributed by atoms with Crippen LogP contribution in [0, 0.1) is 19.8 Å². The van der Waals surface area contributed by atoms with Crippen molar-refractivity contribution in [2.75, 3.05) is 6.61 Å². The standard InChI is InChI=1S/C13H19ClN2O/c1-9-10(2)13(16-15-12(9)14)17-8-11-6-4-3-5-7-11/h11H,3-8H2,1-2H3. The predicted molar refractivity (Wildman–Crippen MR) is 68.6 cm³/mol. The first-order valence-electron chi connectivity index (χ1n) is 6.30. The molecule has 0 N–H and O–H groups in total. The summed E-state index contributed by atoms with van der Waals surface area (Å²) in [5, 5.41) is 8.38. The molecule has 0 saturated heterocycles. The van der Waals surface area contributed by atoms with Crippen LogP contribution in [0.2, 0.25) is 5.15 Å². The molecule has 94 valence electrons. The molecule has 0 radical (unpaired) electrons. The summed E-state index contributed by atoms with van der Waals surface area (Å²) < 4.78 is 5.78. The third-order valence-electron chi connectivity index (χ3n) is 3.60. The Morgan fingerprint density at radius 3 is 2.53 bits per heavy atom. The van der Waals surface area contributed by atoms with Crippen LogP contribution in [0.5, 0.6) is 5.88 Å². The van der Waals surface area contributed by atoms with Crippen LogP contribution in [-0.2, 0) is 0 Å². The first kappa shape index (κ1) is 12.6. The second kappa shape index (κ2) is 5.67. The van der Waals surface area contributed by atoms with Gasteiger partial charge < -0.3 is 4.74 Å². The van der Waals surface area contributed by atoms with Gasteiger partial charge in [-0.2, -0.15) is 0 Å². The van der Waals surface area contributed by atoms with Crippen molar-refractivity contribution in [2.45, 2.75) is 46.0 Å². The average molecular weight is 255 g/mol. The van der Waals surface area contributed by atoms with Gasteiger partial charge in [0.05, 0.1) is 6.61 Å². The van der Waals surface area contributed by atoms with E-state index in [1.54, 1.807) is 0 Å². The highest BCUT2D eigenvalue weighted by Crippen LogP contribution is 2.26. The molecule has 1 heterocycles. The molecule has 4 heteroatoms. The van der Waals surface area contributed by atoms with Gasteiger partial charge in [-0.15, -0.1) is 10.2 Å². The maximum Gasteiger partial charge on any atom is 0.236 e. The zero-order chi connectivity index (χ0) is 12.3. The van der Waals surface area contributed by atoms with Gasteiger partial charge in [0.1, 0.15) is 0 Å². The summed E-state index contributed by atoms with van der Waals surface area (Å²) in [4.78, 5) is 0. The number of halogens is 1. The highest BCUT2D eigenvalue weighted by Gasteiger charge is 2.16. The van der Waals surface area contributed by atoms with Crippen LogP contribution in [0.1, 0.15) is 43.2 Å². The molecule has 0 aliphatic heterocycles. The van der Waals surface area contributed by atoms with Gasteiger partial charge in [-0.3, -0.25) is 0 Å². The van der Waals surface area contributed by atoms with Crippen molar-refractivity contribution in [2.24, 2.45) is 5.92 Å². The zero-order valence-corrected chi connectivity index (χ0v) is 11.3. The van der Waals surface area contributed by atoms with Gasteiger partial charge in [-0.05, 0) is 38.2 Å². The first-order chi connectivity index (χ1) is 8.18. The number of nitrogens with zero attached hydrogens (tertiary/aromatic N) is 2. The van der Waals surface area contributed by atoms with Crippen LogP contribution in [0.25, 0.3) is 0 Å². The van der Waals surface area contributed by atoms with Gasteiger partial charge in [0.2, 0.25) is 5.88 Å². The summed E-state index contributed by atoms with van der Waals surface area (Å²) in [6, 6.07) is 0. The molecular formula is C13H19ClN2O. The van der Waals surface area contributed by atoms with E-state index in [2.05, 4.69) is 10.2 Å². The van der Waals surface area contributed by atoms with Crippen molar-refractivity contribution in [3.63, 3.8) is 0 Å². The third-order valence-corrected chi connectivity index (χ3v) is 3.96. The zero-order valence-electron chi connectivity index (χ0n) is 10.5. The topological polar surface area (TPSA) is 35.0 Å². The monoisotopic (exact) mass is 254 g/mol. The minimum Gasteiger partial charge on any atom is -0.476 e. The Balaban J connectivity index is 1.96. The van der Waals surface area contributed by atoms with Gasteiger partial charge in [0.15, 0.2) is 5.15 Å². The van der Waals surface area contributed by atoms with E-state index in [0.29, 0.717) is 17.0 Å². The van der Waals surface area contributed by atoms with E-state index >= 15 is 0 Å². The summed E-state index contributed by atoms with van der Waals surface area (Å²) in [6.07, 6.45) is 6.59. The van der Waals surface area contributed by atoms with Crippen LogP contribution in [0.3, 0.4) is 0 Å². The van der Waals surface area contributed by atoms with E-state index in [4.69, 9.17) is 16.3 Å².